The molecular formula is C60H38N4. The lowest BCUT2D eigenvalue weighted by molar-refractivity contribution is 0.781. The van der Waals surface area contributed by atoms with Crippen molar-refractivity contribution in [1.82, 2.24) is 13.7 Å². The van der Waals surface area contributed by atoms with E-state index in [1.54, 1.807) is 0 Å². The van der Waals surface area contributed by atoms with Gasteiger partial charge in [0.2, 0.25) is 0 Å². The van der Waals surface area contributed by atoms with Crippen molar-refractivity contribution in [3.8, 4) is 28.2 Å². The molecule has 298 valence electrons. The molecular weight excluding hydrogens is 777 g/mol. The molecule has 64 heavy (non-hydrogen) atoms. The number of benzene rings is 9. The molecule has 12 aromatic rings. The Bertz CT molecular complexity index is 4030. The first-order valence-corrected chi connectivity index (χ1v) is 22.3. The fourth-order valence-corrected chi connectivity index (χ4v) is 11.9. The van der Waals surface area contributed by atoms with E-state index in [2.05, 4.69) is 237 Å². The second-order valence-electron chi connectivity index (χ2n) is 17.6. The van der Waals surface area contributed by atoms with Crippen LogP contribution in [-0.2, 0) is 0 Å². The molecule has 1 aliphatic carbocycles. The largest absolute Gasteiger partial charge is 0.332 e. The van der Waals surface area contributed by atoms with Gasteiger partial charge in [0.25, 0.3) is 0 Å². The van der Waals surface area contributed by atoms with Crippen molar-refractivity contribution in [1.29, 1.82) is 0 Å². The van der Waals surface area contributed by atoms with Crippen LogP contribution in [-0.4, -0.2) is 19.7 Å². The zero-order valence-electron chi connectivity index (χ0n) is 34.7. The van der Waals surface area contributed by atoms with Gasteiger partial charge in [-0.1, -0.05) is 121 Å². The molecule has 4 heteroatoms. The van der Waals surface area contributed by atoms with Gasteiger partial charge in [0.1, 0.15) is 0 Å². The van der Waals surface area contributed by atoms with Gasteiger partial charge < -0.3 is 18.6 Å². The summed E-state index contributed by atoms with van der Waals surface area (Å²) in [5.41, 5.74) is 20.1. The Morgan fingerprint density at radius 2 is 0.875 bits per heavy atom. The molecule has 4 nitrogen and oxygen atoms in total. The summed E-state index contributed by atoms with van der Waals surface area (Å²) < 4.78 is 7.28. The van der Waals surface area contributed by atoms with Crippen molar-refractivity contribution in [3.05, 3.63) is 230 Å². The third kappa shape index (κ3) is 4.46. The van der Waals surface area contributed by atoms with Crippen LogP contribution in [0.3, 0.4) is 0 Å². The number of allylic oxidation sites excluding steroid dienone is 2. The van der Waals surface area contributed by atoms with Crippen LogP contribution >= 0.6 is 0 Å². The smallest absolute Gasteiger partial charge is 0.0702 e. The van der Waals surface area contributed by atoms with Gasteiger partial charge >= 0.3 is 0 Å². The van der Waals surface area contributed by atoms with Gasteiger partial charge in [-0.05, 0) is 119 Å². The van der Waals surface area contributed by atoms with E-state index < -0.39 is 0 Å². The fourth-order valence-electron chi connectivity index (χ4n) is 11.9. The number of rotatable bonds is 4. The number of hydrogen-bond donors (Lipinski definition) is 0. The Morgan fingerprint density at radius 3 is 1.58 bits per heavy atom. The Morgan fingerprint density at radius 1 is 0.359 bits per heavy atom. The van der Waals surface area contributed by atoms with E-state index in [0.717, 1.165) is 0 Å². The minimum atomic E-state index is 0.213. The molecule has 0 saturated carbocycles. The highest BCUT2D eigenvalue weighted by atomic mass is 15.2. The molecule has 2 unspecified atom stereocenters. The number of anilines is 2. The molecule has 5 heterocycles. The average Bonchev–Trinajstić information content (AvgIpc) is 4.15. The maximum Gasteiger partial charge on any atom is 0.0702 e. The first-order valence-electron chi connectivity index (χ1n) is 22.3. The summed E-state index contributed by atoms with van der Waals surface area (Å²) >= 11 is 0. The summed E-state index contributed by atoms with van der Waals surface area (Å²) in [6.45, 7) is 0. The zero-order valence-corrected chi connectivity index (χ0v) is 34.7. The Balaban J connectivity index is 0.881. The normalized spacial score (nSPS) is 16.1. The minimum Gasteiger partial charge on any atom is -0.332 e. The Hall–Kier alpha value is -8.34. The van der Waals surface area contributed by atoms with E-state index in [4.69, 9.17) is 0 Å². The molecule has 0 spiro atoms. The van der Waals surface area contributed by atoms with Gasteiger partial charge in [0, 0.05) is 66.5 Å². The number of aromatic nitrogens is 3. The van der Waals surface area contributed by atoms with Crippen LogP contribution in [0.15, 0.2) is 218 Å². The maximum atomic E-state index is 2.64. The highest BCUT2D eigenvalue weighted by Gasteiger charge is 2.48. The second kappa shape index (κ2) is 12.6. The van der Waals surface area contributed by atoms with E-state index in [0.29, 0.717) is 0 Å². The maximum absolute atomic E-state index is 2.64. The van der Waals surface area contributed by atoms with Crippen LogP contribution in [0.25, 0.3) is 99.2 Å². The van der Waals surface area contributed by atoms with Gasteiger partial charge in [0.15, 0.2) is 0 Å². The summed E-state index contributed by atoms with van der Waals surface area (Å²) in [5.74, 6) is 0.249. The Labute approximate surface area is 369 Å². The molecule has 0 bridgehead atoms. The van der Waals surface area contributed by atoms with Gasteiger partial charge in [0.05, 0.1) is 44.8 Å². The molecule has 0 saturated heterocycles. The molecule has 3 aromatic heterocycles. The molecule has 2 aliphatic heterocycles. The van der Waals surface area contributed by atoms with E-state index in [-0.39, 0.29) is 12.0 Å². The van der Waals surface area contributed by atoms with Crippen molar-refractivity contribution < 1.29 is 0 Å². The van der Waals surface area contributed by atoms with Crippen LogP contribution in [0.4, 0.5) is 11.4 Å². The molecule has 0 fully saturated rings. The van der Waals surface area contributed by atoms with Crippen LogP contribution in [0.2, 0.25) is 0 Å². The Kier molecular flexibility index (Phi) is 6.76. The molecule has 3 aliphatic rings. The standard InChI is InChI=1S/C60H38N4/c1-3-14-39(15-4-1)61-50-23-10-7-18-42(50)47-34-37(26-29-53(47)61)38-27-30-55-48(35-38)44-21-13-22-46-59-57(64(55)60(44)46)33-32-56-58(59)45-20-9-12-25-52(45)63(56)41-28-31-54-49(36-41)43-19-8-11-24-51(43)62(54)40-16-5-2-6-17-40/h1-36,44,60H. The first-order chi connectivity index (χ1) is 31.8. The number of nitrogens with zero attached hydrogens (tertiary/aromatic N) is 4. The molecule has 2 atom stereocenters. The summed E-state index contributed by atoms with van der Waals surface area (Å²) in [4.78, 5) is 2.64. The quantitative estimate of drug-likeness (QED) is 0.173. The first kappa shape index (κ1) is 34.3. The molecule has 9 aromatic carbocycles. The van der Waals surface area contributed by atoms with Crippen molar-refractivity contribution in [3.63, 3.8) is 0 Å². The van der Waals surface area contributed by atoms with Crippen molar-refractivity contribution in [2.24, 2.45) is 0 Å². The summed E-state index contributed by atoms with van der Waals surface area (Å²) in [7, 11) is 0. The van der Waals surface area contributed by atoms with Gasteiger partial charge in [-0.15, -0.1) is 0 Å². The highest BCUT2D eigenvalue weighted by molar-refractivity contribution is 6.20. The monoisotopic (exact) mass is 814 g/mol. The zero-order chi connectivity index (χ0) is 41.6. The number of para-hydroxylation sites is 5. The predicted molar refractivity (Wildman–Crippen MR) is 267 cm³/mol. The van der Waals surface area contributed by atoms with Crippen LogP contribution in [0.1, 0.15) is 17.0 Å². The van der Waals surface area contributed by atoms with Crippen LogP contribution in [0.5, 0.6) is 0 Å². The van der Waals surface area contributed by atoms with Crippen molar-refractivity contribution in [2.45, 2.75) is 12.0 Å². The average molecular weight is 815 g/mol. The number of hydrogen-bond acceptors (Lipinski definition) is 1. The van der Waals surface area contributed by atoms with E-state index in [1.165, 1.54) is 122 Å². The minimum absolute atomic E-state index is 0.213. The van der Waals surface area contributed by atoms with E-state index >= 15 is 0 Å². The van der Waals surface area contributed by atoms with E-state index in [1.807, 2.05) is 0 Å². The van der Waals surface area contributed by atoms with Gasteiger partial charge in [-0.3, -0.25) is 0 Å². The third-order valence-electron chi connectivity index (χ3n) is 14.5. The van der Waals surface area contributed by atoms with Gasteiger partial charge in [-0.25, -0.2) is 0 Å². The summed E-state index contributed by atoms with van der Waals surface area (Å²) in [6, 6.07) is 74.2. The molecule has 0 N–H and O–H groups in total. The summed E-state index contributed by atoms with van der Waals surface area (Å²) in [6.07, 6.45) is 7.13. The lowest BCUT2D eigenvalue weighted by Gasteiger charge is -2.24. The predicted octanol–water partition coefficient (Wildman–Crippen LogP) is 15.2. The lowest BCUT2D eigenvalue weighted by Crippen LogP contribution is -2.25. The molecule has 0 radical (unpaired) electrons. The summed E-state index contributed by atoms with van der Waals surface area (Å²) in [5, 5.41) is 7.67. The number of fused-ring (bicyclic) bond motifs is 16. The highest BCUT2D eigenvalue weighted by Crippen LogP contribution is 2.60. The lowest BCUT2D eigenvalue weighted by atomic mass is 9.83. The van der Waals surface area contributed by atoms with E-state index in [9.17, 15) is 0 Å². The van der Waals surface area contributed by atoms with Crippen LogP contribution in [0, 0.1) is 0 Å². The fraction of sp³-hybridized carbons (Fsp3) is 0.0333. The third-order valence-corrected chi connectivity index (χ3v) is 14.5. The molecule has 0 amide bonds. The second-order valence-corrected chi connectivity index (χ2v) is 17.6. The molecule has 15 rings (SSSR count). The topological polar surface area (TPSA) is 18.0 Å². The van der Waals surface area contributed by atoms with Crippen molar-refractivity contribution >= 4 is 82.4 Å². The van der Waals surface area contributed by atoms with Gasteiger partial charge in [-0.2, -0.15) is 0 Å². The van der Waals surface area contributed by atoms with Crippen LogP contribution < -0.4 is 4.90 Å². The van der Waals surface area contributed by atoms with Crippen molar-refractivity contribution in [2.75, 3.05) is 4.90 Å². The SMILES string of the molecule is C1=CC2c3cc(-c4ccc5c(c4)c4ccccc4n5-c4ccccc4)ccc3N3c4ccc5c(c4C(=C1)C23)c1ccccc1n5-c1ccc2c(c1)c1ccccc1n2-c1ccccc1.